The van der Waals surface area contributed by atoms with Gasteiger partial charge in [0.15, 0.2) is 0 Å². The Balaban J connectivity index is 1.96. The van der Waals surface area contributed by atoms with Crippen molar-refractivity contribution in [1.82, 2.24) is 15.0 Å². The van der Waals surface area contributed by atoms with Crippen LogP contribution < -0.4 is 4.90 Å². The van der Waals surface area contributed by atoms with E-state index >= 15 is 0 Å². The molecule has 1 aromatic carbocycles. The molecule has 0 saturated carbocycles. The number of hydrogen-bond donors (Lipinski definition) is 3. The van der Waals surface area contributed by atoms with Crippen molar-refractivity contribution < 1.29 is 10.2 Å². The third kappa shape index (κ3) is 1.99. The third-order valence-corrected chi connectivity index (χ3v) is 4.46. The molecule has 6 nitrogen and oxygen atoms in total. The Kier molecular flexibility index (Phi) is 3.11. The van der Waals surface area contributed by atoms with Gasteiger partial charge in [0.25, 0.3) is 0 Å². The summed E-state index contributed by atoms with van der Waals surface area (Å²) in [6, 6.07) is 5.32. The first-order valence-electron chi connectivity index (χ1n) is 7.61. The molecule has 1 unspecified atom stereocenters. The first-order valence-corrected chi connectivity index (χ1v) is 7.61. The summed E-state index contributed by atoms with van der Waals surface area (Å²) in [4.78, 5) is 14.2. The molecule has 1 atom stereocenters. The van der Waals surface area contributed by atoms with E-state index < -0.39 is 0 Å². The van der Waals surface area contributed by atoms with Crippen LogP contribution in [0.1, 0.15) is 19.3 Å². The Morgan fingerprint density at radius 3 is 3.05 bits per heavy atom. The van der Waals surface area contributed by atoms with Gasteiger partial charge < -0.3 is 20.1 Å². The summed E-state index contributed by atoms with van der Waals surface area (Å²) >= 11 is 0. The van der Waals surface area contributed by atoms with Gasteiger partial charge in [-0.2, -0.15) is 0 Å². The van der Waals surface area contributed by atoms with Gasteiger partial charge in [-0.15, -0.1) is 0 Å². The SMILES string of the molecule is OCC1CCCCN1c1ncnc2[nH]c3ccc(O)cc3c12. The van der Waals surface area contributed by atoms with Gasteiger partial charge in [-0.25, -0.2) is 9.97 Å². The van der Waals surface area contributed by atoms with Crippen LogP contribution in [0.25, 0.3) is 21.9 Å². The summed E-state index contributed by atoms with van der Waals surface area (Å²) in [5.41, 5.74) is 1.68. The van der Waals surface area contributed by atoms with Gasteiger partial charge in [0, 0.05) is 17.4 Å². The normalized spacial score (nSPS) is 19.1. The average molecular weight is 298 g/mol. The number of aliphatic hydroxyl groups excluding tert-OH is 1. The lowest BCUT2D eigenvalue weighted by molar-refractivity contribution is 0.239. The van der Waals surface area contributed by atoms with Gasteiger partial charge in [0.1, 0.15) is 23.5 Å². The number of anilines is 1. The number of rotatable bonds is 2. The van der Waals surface area contributed by atoms with Gasteiger partial charge in [-0.05, 0) is 37.5 Å². The number of phenols is 1. The summed E-state index contributed by atoms with van der Waals surface area (Å²) in [6.45, 7) is 1.00. The molecule has 0 spiro atoms. The Hall–Kier alpha value is -2.34. The second kappa shape index (κ2) is 5.14. The quantitative estimate of drug-likeness (QED) is 0.675. The van der Waals surface area contributed by atoms with Crippen LogP contribution in [-0.2, 0) is 0 Å². The van der Waals surface area contributed by atoms with Crippen molar-refractivity contribution in [3.05, 3.63) is 24.5 Å². The standard InChI is InChI=1S/C16H18N4O2/c21-8-10-3-1-2-6-20(10)16-14-12-7-11(22)4-5-13(12)19-15(14)17-9-18-16/h4-5,7,9-10,21-22H,1-3,6,8H2,(H,17,18,19). The number of nitrogens with one attached hydrogen (secondary N) is 1. The molecule has 1 aliphatic rings. The number of nitrogens with zero attached hydrogens (tertiary/aromatic N) is 3. The van der Waals surface area contributed by atoms with Gasteiger partial charge in [0.05, 0.1) is 18.0 Å². The summed E-state index contributed by atoms with van der Waals surface area (Å²) in [7, 11) is 0. The fourth-order valence-corrected chi connectivity index (χ4v) is 3.38. The molecule has 6 heteroatoms. The average Bonchev–Trinajstić information content (AvgIpc) is 2.92. The molecule has 0 amide bonds. The number of aromatic nitrogens is 3. The number of phenolic OH excluding ortho intramolecular Hbond substituents is 1. The first kappa shape index (κ1) is 13.3. The molecule has 22 heavy (non-hydrogen) atoms. The van der Waals surface area contributed by atoms with E-state index in [1.54, 1.807) is 18.5 Å². The molecule has 1 fully saturated rings. The van der Waals surface area contributed by atoms with E-state index in [0.29, 0.717) is 0 Å². The van der Waals surface area contributed by atoms with Gasteiger partial charge in [0.2, 0.25) is 0 Å². The number of fused-ring (bicyclic) bond motifs is 3. The first-order chi connectivity index (χ1) is 10.8. The lowest BCUT2D eigenvalue weighted by atomic mass is 10.0. The minimum atomic E-state index is 0.0918. The second-order valence-electron chi connectivity index (χ2n) is 5.80. The topological polar surface area (TPSA) is 85.3 Å². The van der Waals surface area contributed by atoms with E-state index in [4.69, 9.17) is 0 Å². The molecule has 1 aliphatic heterocycles. The summed E-state index contributed by atoms with van der Waals surface area (Å²) in [6.07, 6.45) is 4.74. The molecule has 0 aliphatic carbocycles. The zero-order valence-electron chi connectivity index (χ0n) is 12.2. The number of benzene rings is 1. The Morgan fingerprint density at radius 2 is 2.18 bits per heavy atom. The zero-order chi connectivity index (χ0) is 15.1. The molecule has 4 rings (SSSR count). The molecule has 0 bridgehead atoms. The molecule has 3 heterocycles. The molecular weight excluding hydrogens is 280 g/mol. The van der Waals surface area contributed by atoms with E-state index in [1.165, 1.54) is 0 Å². The van der Waals surface area contributed by atoms with Crippen LogP contribution in [0.15, 0.2) is 24.5 Å². The van der Waals surface area contributed by atoms with E-state index in [1.807, 2.05) is 6.07 Å². The molecular formula is C16H18N4O2. The van der Waals surface area contributed by atoms with Crippen molar-refractivity contribution in [3.8, 4) is 5.75 Å². The highest BCUT2D eigenvalue weighted by molar-refractivity contribution is 6.11. The number of hydrogen-bond acceptors (Lipinski definition) is 5. The fourth-order valence-electron chi connectivity index (χ4n) is 3.38. The lowest BCUT2D eigenvalue weighted by Gasteiger charge is -2.35. The van der Waals surface area contributed by atoms with E-state index in [2.05, 4.69) is 19.9 Å². The smallest absolute Gasteiger partial charge is 0.143 e. The Bertz CT molecular complexity index is 829. The van der Waals surface area contributed by atoms with Crippen molar-refractivity contribution in [2.45, 2.75) is 25.3 Å². The molecule has 3 N–H and O–H groups in total. The lowest BCUT2D eigenvalue weighted by Crippen LogP contribution is -2.42. The van der Waals surface area contributed by atoms with E-state index in [-0.39, 0.29) is 18.4 Å². The number of aromatic hydroxyl groups is 1. The van der Waals surface area contributed by atoms with Gasteiger partial charge in [-0.3, -0.25) is 0 Å². The summed E-state index contributed by atoms with van der Waals surface area (Å²) in [5, 5.41) is 21.3. The van der Waals surface area contributed by atoms with E-state index in [9.17, 15) is 10.2 Å². The number of aliphatic hydroxyl groups is 1. The Labute approximate surface area is 127 Å². The van der Waals surface area contributed by atoms with Crippen molar-refractivity contribution in [3.63, 3.8) is 0 Å². The van der Waals surface area contributed by atoms with Crippen LogP contribution in [-0.4, -0.2) is 44.4 Å². The highest BCUT2D eigenvalue weighted by atomic mass is 16.3. The number of H-pyrrole nitrogens is 1. The highest BCUT2D eigenvalue weighted by Gasteiger charge is 2.25. The molecule has 1 saturated heterocycles. The molecule has 0 radical (unpaired) electrons. The maximum atomic E-state index is 9.80. The zero-order valence-corrected chi connectivity index (χ0v) is 12.2. The summed E-state index contributed by atoms with van der Waals surface area (Å²) in [5.74, 6) is 1.06. The minimum absolute atomic E-state index is 0.0918. The fraction of sp³-hybridized carbons (Fsp3) is 0.375. The van der Waals surface area contributed by atoms with Crippen molar-refractivity contribution in [2.75, 3.05) is 18.1 Å². The van der Waals surface area contributed by atoms with Gasteiger partial charge >= 0.3 is 0 Å². The summed E-state index contributed by atoms with van der Waals surface area (Å²) < 4.78 is 0. The van der Waals surface area contributed by atoms with Crippen LogP contribution in [0.2, 0.25) is 0 Å². The van der Waals surface area contributed by atoms with E-state index in [0.717, 1.165) is 53.6 Å². The maximum Gasteiger partial charge on any atom is 0.143 e. The van der Waals surface area contributed by atoms with Crippen molar-refractivity contribution in [2.24, 2.45) is 0 Å². The van der Waals surface area contributed by atoms with Crippen molar-refractivity contribution in [1.29, 1.82) is 0 Å². The van der Waals surface area contributed by atoms with Crippen LogP contribution in [0.5, 0.6) is 5.75 Å². The third-order valence-electron chi connectivity index (χ3n) is 4.46. The molecule has 114 valence electrons. The maximum absolute atomic E-state index is 9.80. The largest absolute Gasteiger partial charge is 0.508 e. The molecule has 2 aromatic heterocycles. The minimum Gasteiger partial charge on any atom is -0.508 e. The predicted octanol–water partition coefficient (Wildman–Crippen LogP) is 2.17. The van der Waals surface area contributed by atoms with Crippen LogP contribution in [0, 0.1) is 0 Å². The van der Waals surface area contributed by atoms with Crippen LogP contribution >= 0.6 is 0 Å². The predicted molar refractivity (Wildman–Crippen MR) is 85.1 cm³/mol. The number of piperidine rings is 1. The van der Waals surface area contributed by atoms with Crippen molar-refractivity contribution >= 4 is 27.8 Å². The van der Waals surface area contributed by atoms with Gasteiger partial charge in [-0.1, -0.05) is 0 Å². The second-order valence-corrected chi connectivity index (χ2v) is 5.80. The van der Waals surface area contributed by atoms with Crippen LogP contribution in [0.3, 0.4) is 0 Å². The molecule has 3 aromatic rings. The van der Waals surface area contributed by atoms with Crippen LogP contribution in [0.4, 0.5) is 5.82 Å². The number of aromatic amines is 1. The monoisotopic (exact) mass is 298 g/mol. The highest BCUT2D eigenvalue weighted by Crippen LogP contribution is 2.35. The Morgan fingerprint density at radius 1 is 1.27 bits per heavy atom.